The van der Waals surface area contributed by atoms with Crippen molar-refractivity contribution in [2.45, 2.75) is 10.9 Å². The van der Waals surface area contributed by atoms with Crippen molar-refractivity contribution in [2.75, 3.05) is 0 Å². The fraction of sp³-hybridized carbons (Fsp3) is 0.222. The summed E-state index contributed by atoms with van der Waals surface area (Å²) >= 11 is 1.30. The number of halogens is 1. The average Bonchev–Trinajstić information content (AvgIpc) is 2.73. The lowest BCUT2D eigenvalue weighted by Gasteiger charge is -2.05. The van der Waals surface area contributed by atoms with Crippen LogP contribution in [0, 0.1) is 5.82 Å². The lowest BCUT2D eigenvalue weighted by Crippen LogP contribution is -2.30. The Balaban J connectivity index is 2.08. The van der Waals surface area contributed by atoms with Gasteiger partial charge in [0, 0.05) is 12.8 Å². The zero-order valence-corrected chi connectivity index (χ0v) is 10.3. The van der Waals surface area contributed by atoms with E-state index in [-0.39, 0.29) is 5.46 Å². The first kappa shape index (κ1) is 13.0. The number of aryl methyl sites for hydroxylation is 1. The number of hydrogen-bond donors (Lipinski definition) is 2. The van der Waals surface area contributed by atoms with Crippen molar-refractivity contribution in [1.29, 1.82) is 0 Å². The van der Waals surface area contributed by atoms with Gasteiger partial charge in [-0.05, 0) is 27.5 Å². The molecule has 0 saturated carbocycles. The Morgan fingerprint density at radius 1 is 1.44 bits per heavy atom. The Kier molecular flexibility index (Phi) is 3.95. The number of rotatable bonds is 4. The molecule has 0 unspecified atom stereocenters. The van der Waals surface area contributed by atoms with Crippen LogP contribution in [0.3, 0.4) is 0 Å². The molecular formula is C9H10BFN4O2S. The first-order chi connectivity index (χ1) is 8.58. The number of aromatic nitrogens is 4. The molecule has 0 saturated heterocycles. The Hall–Kier alpha value is -1.45. The molecular weight excluding hydrogens is 258 g/mol. The monoisotopic (exact) mass is 268 g/mol. The van der Waals surface area contributed by atoms with Crippen LogP contribution in [0.15, 0.2) is 23.4 Å². The Morgan fingerprint density at radius 3 is 2.78 bits per heavy atom. The molecule has 18 heavy (non-hydrogen) atoms. The van der Waals surface area contributed by atoms with Crippen LogP contribution in [0.4, 0.5) is 4.39 Å². The second-order valence-electron chi connectivity index (χ2n) is 3.60. The fourth-order valence-electron chi connectivity index (χ4n) is 1.33. The number of nitrogens with zero attached hydrogens (tertiary/aromatic N) is 4. The highest BCUT2D eigenvalue weighted by Crippen LogP contribution is 2.20. The second kappa shape index (κ2) is 5.47. The molecule has 0 aliphatic carbocycles. The number of hydrogen-bond acceptors (Lipinski definition) is 6. The van der Waals surface area contributed by atoms with Crippen molar-refractivity contribution < 1.29 is 14.4 Å². The molecule has 0 radical (unpaired) electrons. The topological polar surface area (TPSA) is 84.1 Å². The van der Waals surface area contributed by atoms with Crippen molar-refractivity contribution in [3.8, 4) is 0 Å². The van der Waals surface area contributed by atoms with Crippen LogP contribution in [-0.2, 0) is 12.8 Å². The third-order valence-corrected chi connectivity index (χ3v) is 3.37. The van der Waals surface area contributed by atoms with Gasteiger partial charge in [-0.2, -0.15) is 0 Å². The first-order valence-electron chi connectivity index (χ1n) is 5.07. The van der Waals surface area contributed by atoms with Gasteiger partial charge in [0.15, 0.2) is 0 Å². The molecule has 2 N–H and O–H groups in total. The lowest BCUT2D eigenvalue weighted by atomic mass is 9.80. The second-order valence-corrected chi connectivity index (χ2v) is 4.54. The molecule has 0 fully saturated rings. The van der Waals surface area contributed by atoms with E-state index in [0.717, 1.165) is 6.07 Å². The summed E-state index contributed by atoms with van der Waals surface area (Å²) in [5.74, 6) is -0.120. The number of thioether (sulfide) groups is 1. The first-order valence-corrected chi connectivity index (χ1v) is 6.06. The maximum absolute atomic E-state index is 13.6. The van der Waals surface area contributed by atoms with E-state index < -0.39 is 12.9 Å². The van der Waals surface area contributed by atoms with Crippen molar-refractivity contribution >= 4 is 24.3 Å². The molecule has 94 valence electrons. The minimum Gasteiger partial charge on any atom is -0.423 e. The summed E-state index contributed by atoms with van der Waals surface area (Å²) in [7, 11) is 0.0355. The molecule has 1 aromatic heterocycles. The van der Waals surface area contributed by atoms with Crippen LogP contribution in [-0.4, -0.2) is 37.4 Å². The van der Waals surface area contributed by atoms with E-state index in [9.17, 15) is 4.39 Å². The molecule has 6 nitrogen and oxygen atoms in total. The van der Waals surface area contributed by atoms with Crippen molar-refractivity contribution in [3.05, 3.63) is 29.6 Å². The summed E-state index contributed by atoms with van der Waals surface area (Å²) in [5.41, 5.74) is 0.578. The van der Waals surface area contributed by atoms with E-state index >= 15 is 0 Å². The summed E-state index contributed by atoms with van der Waals surface area (Å²) < 4.78 is 15.1. The minimum absolute atomic E-state index is 0.126. The summed E-state index contributed by atoms with van der Waals surface area (Å²) in [5, 5.41) is 29.3. The zero-order valence-electron chi connectivity index (χ0n) is 9.49. The summed E-state index contributed by atoms with van der Waals surface area (Å²) in [6.07, 6.45) is 0. The minimum atomic E-state index is -1.66. The highest BCUT2D eigenvalue weighted by Gasteiger charge is 2.14. The highest BCUT2D eigenvalue weighted by atomic mass is 32.2. The standard InChI is InChI=1S/C9H10BFN4O2S/c1-15-9(12-13-14-15)18-5-6-2-3-7(10(16)17)4-8(6)11/h2-4,16-17H,5H2,1H3. The predicted octanol–water partition coefficient (Wildman–Crippen LogP) is -0.679. The van der Waals surface area contributed by atoms with E-state index in [1.54, 1.807) is 7.05 Å². The van der Waals surface area contributed by atoms with Gasteiger partial charge in [0.2, 0.25) is 5.16 Å². The quantitative estimate of drug-likeness (QED) is 0.564. The molecule has 0 spiro atoms. The highest BCUT2D eigenvalue weighted by molar-refractivity contribution is 7.98. The predicted molar refractivity (Wildman–Crippen MR) is 64.6 cm³/mol. The largest absolute Gasteiger partial charge is 0.488 e. The third-order valence-electron chi connectivity index (χ3n) is 2.31. The third kappa shape index (κ3) is 2.86. The van der Waals surface area contributed by atoms with Crippen molar-refractivity contribution in [1.82, 2.24) is 20.2 Å². The van der Waals surface area contributed by atoms with Gasteiger partial charge in [0.05, 0.1) is 0 Å². The van der Waals surface area contributed by atoms with Gasteiger partial charge in [-0.25, -0.2) is 9.07 Å². The Bertz CT molecular complexity index is 551. The van der Waals surface area contributed by atoms with Gasteiger partial charge in [-0.15, -0.1) is 5.10 Å². The van der Waals surface area contributed by atoms with Crippen molar-refractivity contribution in [3.63, 3.8) is 0 Å². The zero-order chi connectivity index (χ0) is 13.1. The van der Waals surface area contributed by atoms with Gasteiger partial charge in [0.1, 0.15) is 5.82 Å². The van der Waals surface area contributed by atoms with E-state index in [2.05, 4.69) is 15.5 Å². The van der Waals surface area contributed by atoms with E-state index in [1.807, 2.05) is 0 Å². The van der Waals surface area contributed by atoms with Gasteiger partial charge in [-0.3, -0.25) is 0 Å². The average molecular weight is 268 g/mol. The van der Waals surface area contributed by atoms with Gasteiger partial charge in [0.25, 0.3) is 0 Å². The normalized spacial score (nSPS) is 10.7. The molecule has 1 heterocycles. The van der Waals surface area contributed by atoms with Gasteiger partial charge in [-0.1, -0.05) is 23.9 Å². The number of benzene rings is 1. The van der Waals surface area contributed by atoms with Gasteiger partial charge >= 0.3 is 7.12 Å². The summed E-state index contributed by atoms with van der Waals surface area (Å²) in [6.45, 7) is 0. The molecule has 0 atom stereocenters. The Labute approximate surface area is 107 Å². The number of tetrazole rings is 1. The molecule has 2 rings (SSSR count). The Morgan fingerprint density at radius 2 is 2.22 bits per heavy atom. The fourth-order valence-corrected chi connectivity index (χ4v) is 2.16. The van der Waals surface area contributed by atoms with Crippen LogP contribution in [0.1, 0.15) is 5.56 Å². The van der Waals surface area contributed by atoms with Crippen LogP contribution in [0.2, 0.25) is 0 Å². The molecule has 0 aliphatic heterocycles. The van der Waals surface area contributed by atoms with E-state index in [4.69, 9.17) is 10.0 Å². The summed E-state index contributed by atoms with van der Waals surface area (Å²) in [6, 6.07) is 4.09. The molecule has 0 amide bonds. The summed E-state index contributed by atoms with van der Waals surface area (Å²) in [4.78, 5) is 0. The molecule has 9 heteroatoms. The maximum Gasteiger partial charge on any atom is 0.488 e. The molecule has 0 bridgehead atoms. The SMILES string of the molecule is Cn1nnnc1SCc1ccc(B(O)O)cc1F. The maximum atomic E-state index is 13.6. The van der Waals surface area contributed by atoms with Crippen LogP contribution < -0.4 is 5.46 Å². The molecule has 0 aliphatic rings. The van der Waals surface area contributed by atoms with Crippen molar-refractivity contribution in [2.24, 2.45) is 7.05 Å². The van der Waals surface area contributed by atoms with Crippen LogP contribution in [0.5, 0.6) is 0 Å². The molecule has 1 aromatic carbocycles. The van der Waals surface area contributed by atoms with E-state index in [0.29, 0.717) is 16.5 Å². The lowest BCUT2D eigenvalue weighted by molar-refractivity contribution is 0.425. The van der Waals surface area contributed by atoms with Crippen LogP contribution in [0.25, 0.3) is 0 Å². The van der Waals surface area contributed by atoms with Gasteiger partial charge < -0.3 is 10.0 Å². The smallest absolute Gasteiger partial charge is 0.423 e. The van der Waals surface area contributed by atoms with Crippen LogP contribution >= 0.6 is 11.8 Å². The van der Waals surface area contributed by atoms with E-state index in [1.165, 1.54) is 28.6 Å². The molecule has 2 aromatic rings.